The summed E-state index contributed by atoms with van der Waals surface area (Å²) in [4.78, 5) is 40.4. The Labute approximate surface area is 251 Å². The van der Waals surface area contributed by atoms with Crippen molar-refractivity contribution in [2.24, 2.45) is 0 Å². The van der Waals surface area contributed by atoms with E-state index in [4.69, 9.17) is 9.47 Å². The van der Waals surface area contributed by atoms with E-state index >= 15 is 0 Å². The molecule has 6 nitrogen and oxygen atoms in total. The Morgan fingerprint density at radius 1 is 1.03 bits per heavy atom. The SMILES string of the molecule is CCOc1cc(/C=C2\SC(=O)N(Cc3ccc(I)cc3)C2=O)cc(Br)c1OC(=O)c1cccc2ccccc12. The van der Waals surface area contributed by atoms with Gasteiger partial charge in [0.15, 0.2) is 11.5 Å². The molecule has 1 aliphatic heterocycles. The zero-order valence-electron chi connectivity index (χ0n) is 20.6. The van der Waals surface area contributed by atoms with Crippen molar-refractivity contribution in [2.45, 2.75) is 13.5 Å². The number of ether oxygens (including phenoxy) is 2. The third-order valence-corrected chi connectivity index (χ3v) is 8.18. The molecule has 0 N–H and O–H groups in total. The van der Waals surface area contributed by atoms with E-state index in [1.165, 1.54) is 4.90 Å². The lowest BCUT2D eigenvalue weighted by molar-refractivity contribution is -0.123. The summed E-state index contributed by atoms with van der Waals surface area (Å²) < 4.78 is 13.2. The minimum atomic E-state index is -0.516. The van der Waals surface area contributed by atoms with Crippen LogP contribution < -0.4 is 9.47 Å². The molecule has 1 fully saturated rings. The number of benzene rings is 4. The molecule has 0 unspecified atom stereocenters. The maximum atomic E-state index is 13.2. The molecule has 0 atom stereocenters. The summed E-state index contributed by atoms with van der Waals surface area (Å²) in [5.41, 5.74) is 1.93. The van der Waals surface area contributed by atoms with Crippen molar-refractivity contribution >= 4 is 84.2 Å². The second-order valence-electron chi connectivity index (χ2n) is 8.57. The molecule has 5 rings (SSSR count). The summed E-state index contributed by atoms with van der Waals surface area (Å²) in [6.07, 6.45) is 1.64. The van der Waals surface area contributed by atoms with Crippen LogP contribution in [0.4, 0.5) is 4.79 Å². The van der Waals surface area contributed by atoms with Crippen molar-refractivity contribution in [3.8, 4) is 11.5 Å². The Kier molecular flexibility index (Phi) is 8.39. The van der Waals surface area contributed by atoms with Gasteiger partial charge in [0, 0.05) is 3.57 Å². The van der Waals surface area contributed by atoms with Crippen LogP contribution in [0.3, 0.4) is 0 Å². The summed E-state index contributed by atoms with van der Waals surface area (Å²) in [5, 5.41) is 1.40. The summed E-state index contributed by atoms with van der Waals surface area (Å²) >= 11 is 6.60. The lowest BCUT2D eigenvalue weighted by atomic mass is 10.0. The molecule has 4 aromatic carbocycles. The number of thioether (sulfide) groups is 1. The lowest BCUT2D eigenvalue weighted by Crippen LogP contribution is -2.27. The third-order valence-electron chi connectivity index (χ3n) is 5.96. The van der Waals surface area contributed by atoms with E-state index in [9.17, 15) is 14.4 Å². The van der Waals surface area contributed by atoms with Crippen LogP contribution in [0, 0.1) is 3.57 Å². The molecule has 0 saturated carbocycles. The molecular formula is C30H21BrINO5S. The topological polar surface area (TPSA) is 72.9 Å². The van der Waals surface area contributed by atoms with Gasteiger partial charge in [-0.05, 0) is 116 Å². The number of rotatable bonds is 7. The van der Waals surface area contributed by atoms with Gasteiger partial charge in [-0.25, -0.2) is 4.79 Å². The van der Waals surface area contributed by atoms with E-state index < -0.39 is 5.97 Å². The van der Waals surface area contributed by atoms with E-state index in [1.54, 1.807) is 24.3 Å². The first-order valence-electron chi connectivity index (χ1n) is 12.0. The molecule has 9 heteroatoms. The highest BCUT2D eigenvalue weighted by Crippen LogP contribution is 2.40. The highest BCUT2D eigenvalue weighted by molar-refractivity contribution is 14.1. The van der Waals surface area contributed by atoms with Gasteiger partial charge in [-0.15, -0.1) is 0 Å². The molecule has 2 amide bonds. The van der Waals surface area contributed by atoms with Gasteiger partial charge in [0.25, 0.3) is 11.1 Å². The van der Waals surface area contributed by atoms with Gasteiger partial charge in [-0.2, -0.15) is 0 Å². The first-order valence-corrected chi connectivity index (χ1v) is 14.7. The fourth-order valence-electron chi connectivity index (χ4n) is 4.14. The number of hydrogen-bond donors (Lipinski definition) is 0. The lowest BCUT2D eigenvalue weighted by Gasteiger charge is -2.14. The van der Waals surface area contributed by atoms with Gasteiger partial charge in [0.05, 0.1) is 28.1 Å². The molecule has 1 heterocycles. The number of carbonyl (C=O) groups is 3. The molecule has 0 aliphatic carbocycles. The van der Waals surface area contributed by atoms with E-state index in [1.807, 2.05) is 67.6 Å². The third kappa shape index (κ3) is 6.05. The number of fused-ring (bicyclic) bond motifs is 1. The number of nitrogens with zero attached hydrogens (tertiary/aromatic N) is 1. The van der Waals surface area contributed by atoms with Gasteiger partial charge in [-0.3, -0.25) is 14.5 Å². The van der Waals surface area contributed by atoms with E-state index in [-0.39, 0.29) is 23.4 Å². The molecular weight excluding hydrogens is 693 g/mol. The highest BCUT2D eigenvalue weighted by atomic mass is 127. The quantitative estimate of drug-likeness (QED) is 0.0836. The van der Waals surface area contributed by atoms with Crippen LogP contribution in [0.25, 0.3) is 16.8 Å². The van der Waals surface area contributed by atoms with Gasteiger partial charge in [0.1, 0.15) is 0 Å². The molecule has 4 aromatic rings. The minimum Gasteiger partial charge on any atom is -0.490 e. The van der Waals surface area contributed by atoms with Crippen molar-refractivity contribution in [2.75, 3.05) is 6.61 Å². The van der Waals surface area contributed by atoms with Gasteiger partial charge >= 0.3 is 5.97 Å². The maximum absolute atomic E-state index is 13.2. The maximum Gasteiger partial charge on any atom is 0.344 e. The summed E-state index contributed by atoms with van der Waals surface area (Å²) in [6, 6.07) is 24.2. The van der Waals surface area contributed by atoms with Crippen LogP contribution >= 0.6 is 50.3 Å². The van der Waals surface area contributed by atoms with Gasteiger partial charge in [0.2, 0.25) is 0 Å². The highest BCUT2D eigenvalue weighted by Gasteiger charge is 2.35. The van der Waals surface area contributed by atoms with Crippen molar-refractivity contribution in [1.82, 2.24) is 4.90 Å². The second-order valence-corrected chi connectivity index (χ2v) is 11.7. The Bertz CT molecular complexity index is 1630. The molecule has 0 bridgehead atoms. The van der Waals surface area contributed by atoms with Crippen molar-refractivity contribution in [3.63, 3.8) is 0 Å². The van der Waals surface area contributed by atoms with Gasteiger partial charge < -0.3 is 9.47 Å². The zero-order valence-corrected chi connectivity index (χ0v) is 25.2. The van der Waals surface area contributed by atoms with E-state index in [0.717, 1.165) is 31.7 Å². The Morgan fingerprint density at radius 2 is 1.77 bits per heavy atom. The largest absolute Gasteiger partial charge is 0.490 e. The van der Waals surface area contributed by atoms with Crippen LogP contribution in [-0.4, -0.2) is 28.6 Å². The standard InChI is InChI=1S/C30H21BrINO5S/c1-2-37-25-15-19(16-26-28(34)33(30(36)39-26)17-18-10-12-21(32)13-11-18)14-24(31)27(25)38-29(35)23-9-5-7-20-6-3-4-8-22(20)23/h3-16H,2,17H2,1H3/b26-16-. The molecule has 0 spiro atoms. The molecule has 0 aromatic heterocycles. The number of amides is 2. The van der Waals surface area contributed by atoms with Crippen molar-refractivity contribution < 1.29 is 23.9 Å². The summed E-state index contributed by atoms with van der Waals surface area (Å²) in [7, 11) is 0. The molecule has 0 radical (unpaired) electrons. The monoisotopic (exact) mass is 713 g/mol. The fourth-order valence-corrected chi connectivity index (χ4v) is 5.88. The summed E-state index contributed by atoms with van der Waals surface area (Å²) in [6.45, 7) is 2.37. The minimum absolute atomic E-state index is 0.204. The Balaban J connectivity index is 1.41. The predicted molar refractivity (Wildman–Crippen MR) is 165 cm³/mol. The number of carbonyl (C=O) groups excluding carboxylic acids is 3. The van der Waals surface area contributed by atoms with Crippen LogP contribution in [0.5, 0.6) is 11.5 Å². The molecule has 1 aliphatic rings. The van der Waals surface area contributed by atoms with Crippen molar-refractivity contribution in [3.05, 3.63) is 109 Å². The Hall–Kier alpha value is -3.15. The van der Waals surface area contributed by atoms with Crippen LogP contribution in [0.15, 0.2) is 88.2 Å². The first-order chi connectivity index (χ1) is 18.8. The average Bonchev–Trinajstić information content (AvgIpc) is 3.18. The smallest absolute Gasteiger partial charge is 0.344 e. The fraction of sp³-hybridized carbons (Fsp3) is 0.100. The van der Waals surface area contributed by atoms with E-state index in [2.05, 4.69) is 38.5 Å². The number of hydrogen-bond acceptors (Lipinski definition) is 6. The average molecular weight is 714 g/mol. The first kappa shape index (κ1) is 27.4. The number of halogens is 2. The van der Waals surface area contributed by atoms with E-state index in [0.29, 0.717) is 32.9 Å². The van der Waals surface area contributed by atoms with Crippen LogP contribution in [0.2, 0.25) is 0 Å². The normalized spacial score (nSPS) is 14.3. The molecule has 196 valence electrons. The predicted octanol–water partition coefficient (Wildman–Crippen LogP) is 8.06. The van der Waals surface area contributed by atoms with Crippen molar-refractivity contribution in [1.29, 1.82) is 0 Å². The second kappa shape index (κ2) is 11.9. The van der Waals surface area contributed by atoms with Crippen LogP contribution in [-0.2, 0) is 11.3 Å². The number of esters is 1. The Morgan fingerprint density at radius 3 is 2.54 bits per heavy atom. The molecule has 39 heavy (non-hydrogen) atoms. The summed E-state index contributed by atoms with van der Waals surface area (Å²) in [5.74, 6) is -0.300. The van der Waals surface area contributed by atoms with Gasteiger partial charge in [-0.1, -0.05) is 48.5 Å². The zero-order chi connectivity index (χ0) is 27.5. The number of imide groups is 1. The molecule has 1 saturated heterocycles. The van der Waals surface area contributed by atoms with Crippen LogP contribution in [0.1, 0.15) is 28.4 Å².